The SMILES string of the molecule is OC(COc1ccc(-c2ccccc2)cc1)CN1CCN(CCc2ccccc2)CC1. The molecular weight excluding hydrogens is 384 g/mol. The van der Waals surface area contributed by atoms with Crippen LogP contribution in [0.4, 0.5) is 0 Å². The number of piperazine rings is 1. The summed E-state index contributed by atoms with van der Waals surface area (Å²) in [6.07, 6.45) is 0.616. The van der Waals surface area contributed by atoms with Crippen molar-refractivity contribution in [3.63, 3.8) is 0 Å². The Labute approximate surface area is 185 Å². The second-order valence-corrected chi connectivity index (χ2v) is 8.23. The molecule has 1 aliphatic heterocycles. The second-order valence-electron chi connectivity index (χ2n) is 8.23. The molecule has 4 heteroatoms. The first-order chi connectivity index (χ1) is 15.3. The molecule has 1 aliphatic rings. The van der Waals surface area contributed by atoms with E-state index in [0.29, 0.717) is 13.2 Å². The Kier molecular flexibility index (Phi) is 7.72. The Morgan fingerprint density at radius 1 is 0.710 bits per heavy atom. The minimum Gasteiger partial charge on any atom is -0.491 e. The van der Waals surface area contributed by atoms with E-state index >= 15 is 0 Å². The lowest BCUT2D eigenvalue weighted by Gasteiger charge is -2.35. The summed E-state index contributed by atoms with van der Waals surface area (Å²) in [5, 5.41) is 10.4. The summed E-state index contributed by atoms with van der Waals surface area (Å²) < 4.78 is 5.82. The van der Waals surface area contributed by atoms with E-state index < -0.39 is 6.10 Å². The highest BCUT2D eigenvalue weighted by atomic mass is 16.5. The molecule has 1 heterocycles. The van der Waals surface area contributed by atoms with E-state index in [9.17, 15) is 5.11 Å². The van der Waals surface area contributed by atoms with Gasteiger partial charge in [0.15, 0.2) is 0 Å². The lowest BCUT2D eigenvalue weighted by molar-refractivity contribution is 0.0463. The molecule has 3 aromatic rings. The predicted molar refractivity (Wildman–Crippen MR) is 126 cm³/mol. The molecule has 0 spiro atoms. The number of β-amino-alcohol motifs (C(OH)–C–C–N with tert-alkyl or cyclic N) is 1. The van der Waals surface area contributed by atoms with Gasteiger partial charge in [0.2, 0.25) is 0 Å². The van der Waals surface area contributed by atoms with Crippen LogP contribution in [0, 0.1) is 0 Å². The number of rotatable bonds is 9. The molecule has 1 atom stereocenters. The van der Waals surface area contributed by atoms with Gasteiger partial charge in [-0.1, -0.05) is 72.8 Å². The fourth-order valence-corrected chi connectivity index (χ4v) is 4.04. The molecule has 0 aliphatic carbocycles. The number of nitrogens with zero attached hydrogens (tertiary/aromatic N) is 2. The number of aliphatic hydroxyl groups excluding tert-OH is 1. The van der Waals surface area contributed by atoms with E-state index in [1.807, 2.05) is 30.3 Å². The van der Waals surface area contributed by atoms with Crippen molar-refractivity contribution >= 4 is 0 Å². The quantitative estimate of drug-likeness (QED) is 0.573. The molecule has 1 N–H and O–H groups in total. The maximum atomic E-state index is 10.4. The summed E-state index contributed by atoms with van der Waals surface area (Å²) in [4.78, 5) is 4.85. The van der Waals surface area contributed by atoms with E-state index in [1.54, 1.807) is 0 Å². The average Bonchev–Trinajstić information content (AvgIpc) is 2.84. The van der Waals surface area contributed by atoms with Gasteiger partial charge >= 0.3 is 0 Å². The van der Waals surface area contributed by atoms with Gasteiger partial charge in [-0.2, -0.15) is 0 Å². The summed E-state index contributed by atoms with van der Waals surface area (Å²) in [6.45, 7) is 6.19. The second kappa shape index (κ2) is 11.1. The highest BCUT2D eigenvalue weighted by molar-refractivity contribution is 5.63. The van der Waals surface area contributed by atoms with Crippen molar-refractivity contribution in [1.82, 2.24) is 9.80 Å². The molecule has 0 aromatic heterocycles. The number of aliphatic hydroxyl groups is 1. The van der Waals surface area contributed by atoms with Gasteiger partial charge in [-0.15, -0.1) is 0 Å². The van der Waals surface area contributed by atoms with Crippen LogP contribution in [0.15, 0.2) is 84.9 Å². The van der Waals surface area contributed by atoms with Gasteiger partial charge in [-0.05, 0) is 35.2 Å². The minimum atomic E-state index is -0.482. The zero-order valence-corrected chi connectivity index (χ0v) is 18.1. The van der Waals surface area contributed by atoms with Gasteiger partial charge in [-0.25, -0.2) is 0 Å². The van der Waals surface area contributed by atoms with Gasteiger partial charge in [0.1, 0.15) is 18.5 Å². The summed E-state index contributed by atoms with van der Waals surface area (Å²) >= 11 is 0. The molecular formula is C27H32N2O2. The van der Waals surface area contributed by atoms with Crippen LogP contribution in [-0.4, -0.2) is 66.9 Å². The van der Waals surface area contributed by atoms with Crippen LogP contribution in [-0.2, 0) is 6.42 Å². The monoisotopic (exact) mass is 416 g/mol. The molecule has 0 saturated carbocycles. The summed E-state index contributed by atoms with van der Waals surface area (Å²) in [7, 11) is 0. The Morgan fingerprint density at radius 2 is 1.29 bits per heavy atom. The third-order valence-electron chi connectivity index (χ3n) is 5.90. The first-order valence-electron chi connectivity index (χ1n) is 11.2. The van der Waals surface area contributed by atoms with Gasteiger partial charge in [0, 0.05) is 39.3 Å². The molecule has 31 heavy (non-hydrogen) atoms. The zero-order chi connectivity index (χ0) is 21.3. The lowest BCUT2D eigenvalue weighted by atomic mass is 10.1. The van der Waals surface area contributed by atoms with Crippen LogP contribution in [0.25, 0.3) is 11.1 Å². The fourth-order valence-electron chi connectivity index (χ4n) is 4.04. The Hall–Kier alpha value is -2.66. The molecule has 4 nitrogen and oxygen atoms in total. The number of hydrogen-bond acceptors (Lipinski definition) is 4. The molecule has 4 rings (SSSR count). The zero-order valence-electron chi connectivity index (χ0n) is 18.1. The summed E-state index contributed by atoms with van der Waals surface area (Å²) in [6, 6.07) is 29.0. The van der Waals surface area contributed by atoms with Crippen molar-refractivity contribution in [1.29, 1.82) is 0 Å². The number of benzene rings is 3. The van der Waals surface area contributed by atoms with Crippen molar-refractivity contribution in [2.75, 3.05) is 45.9 Å². The van der Waals surface area contributed by atoms with Crippen LogP contribution >= 0.6 is 0 Å². The Morgan fingerprint density at radius 3 is 1.97 bits per heavy atom. The first-order valence-corrected chi connectivity index (χ1v) is 11.2. The third-order valence-corrected chi connectivity index (χ3v) is 5.90. The van der Waals surface area contributed by atoms with Crippen molar-refractivity contribution in [2.45, 2.75) is 12.5 Å². The number of hydrogen-bond donors (Lipinski definition) is 1. The normalized spacial score (nSPS) is 16.2. The minimum absolute atomic E-state index is 0.318. The predicted octanol–water partition coefficient (Wildman–Crippen LogP) is 3.95. The largest absolute Gasteiger partial charge is 0.491 e. The topological polar surface area (TPSA) is 35.9 Å². The van der Waals surface area contributed by atoms with E-state index in [1.165, 1.54) is 16.7 Å². The summed E-state index contributed by atoms with van der Waals surface area (Å²) in [5.41, 5.74) is 3.75. The highest BCUT2D eigenvalue weighted by Gasteiger charge is 2.19. The molecule has 1 unspecified atom stereocenters. The van der Waals surface area contributed by atoms with Crippen molar-refractivity contribution < 1.29 is 9.84 Å². The van der Waals surface area contributed by atoms with Crippen molar-refractivity contribution in [2.24, 2.45) is 0 Å². The Bertz CT molecular complexity index is 892. The van der Waals surface area contributed by atoms with Crippen LogP contribution in [0.1, 0.15) is 5.56 Å². The first kappa shape index (κ1) is 21.6. The van der Waals surface area contributed by atoms with E-state index in [-0.39, 0.29) is 0 Å². The Balaban J connectivity index is 1.15. The third kappa shape index (κ3) is 6.66. The van der Waals surface area contributed by atoms with Crippen LogP contribution in [0.3, 0.4) is 0 Å². The summed E-state index contributed by atoms with van der Waals surface area (Å²) in [5.74, 6) is 0.796. The molecule has 162 valence electrons. The standard InChI is InChI=1S/C27H32N2O2/c30-26(22-31-27-13-11-25(12-14-27)24-9-5-2-6-10-24)21-29-19-17-28(18-20-29)16-15-23-7-3-1-4-8-23/h1-14,26,30H,15-22H2. The lowest BCUT2D eigenvalue weighted by Crippen LogP contribution is -2.49. The van der Waals surface area contributed by atoms with E-state index in [0.717, 1.165) is 44.9 Å². The van der Waals surface area contributed by atoms with Crippen molar-refractivity contribution in [3.8, 4) is 16.9 Å². The van der Waals surface area contributed by atoms with Crippen LogP contribution < -0.4 is 4.74 Å². The van der Waals surface area contributed by atoms with E-state index in [4.69, 9.17) is 4.74 Å². The molecule has 1 saturated heterocycles. The average molecular weight is 417 g/mol. The smallest absolute Gasteiger partial charge is 0.119 e. The van der Waals surface area contributed by atoms with Crippen LogP contribution in [0.5, 0.6) is 5.75 Å². The molecule has 3 aromatic carbocycles. The fraction of sp³-hybridized carbons (Fsp3) is 0.333. The molecule has 1 fully saturated rings. The highest BCUT2D eigenvalue weighted by Crippen LogP contribution is 2.22. The van der Waals surface area contributed by atoms with Gasteiger partial charge < -0.3 is 14.7 Å². The maximum absolute atomic E-state index is 10.4. The van der Waals surface area contributed by atoms with E-state index in [2.05, 4.69) is 64.4 Å². The van der Waals surface area contributed by atoms with Gasteiger partial charge in [0.05, 0.1) is 0 Å². The molecule has 0 radical (unpaired) electrons. The maximum Gasteiger partial charge on any atom is 0.119 e. The van der Waals surface area contributed by atoms with Gasteiger partial charge in [0.25, 0.3) is 0 Å². The molecule has 0 amide bonds. The van der Waals surface area contributed by atoms with Crippen LogP contribution in [0.2, 0.25) is 0 Å². The van der Waals surface area contributed by atoms with Gasteiger partial charge in [-0.3, -0.25) is 4.90 Å². The molecule has 0 bridgehead atoms. The number of ether oxygens (including phenoxy) is 1. The van der Waals surface area contributed by atoms with Crippen molar-refractivity contribution in [3.05, 3.63) is 90.5 Å².